The van der Waals surface area contributed by atoms with Crippen LogP contribution in [-0.2, 0) is 4.84 Å². The minimum absolute atomic E-state index is 0.0758. The average molecular weight is 573 g/mol. The van der Waals surface area contributed by atoms with Crippen molar-refractivity contribution >= 4 is 23.7 Å². The van der Waals surface area contributed by atoms with Crippen LogP contribution in [0.2, 0.25) is 0 Å². The fourth-order valence-corrected chi connectivity index (χ4v) is 4.71. The summed E-state index contributed by atoms with van der Waals surface area (Å²) in [6.45, 7) is 17.6. The summed E-state index contributed by atoms with van der Waals surface area (Å²) < 4.78 is 13.7. The second-order valence-corrected chi connectivity index (χ2v) is 11.2. The van der Waals surface area contributed by atoms with Gasteiger partial charge in [-0.25, -0.2) is 14.2 Å². The van der Waals surface area contributed by atoms with Gasteiger partial charge in [0.2, 0.25) is 5.72 Å². The molecule has 0 amide bonds. The number of hydrogen-bond acceptors (Lipinski definition) is 6. The van der Waals surface area contributed by atoms with E-state index in [1.165, 1.54) is 18.8 Å². The number of aliphatic hydroxyl groups excluding tert-OH is 1. The lowest BCUT2D eigenvalue weighted by Gasteiger charge is -2.24. The Hall–Kier alpha value is -2.74. The van der Waals surface area contributed by atoms with Crippen LogP contribution in [0.15, 0.2) is 75.9 Å². The minimum Gasteiger partial charge on any atom is -0.391 e. The summed E-state index contributed by atoms with van der Waals surface area (Å²) in [5, 5.41) is 17.9. The van der Waals surface area contributed by atoms with Crippen LogP contribution in [0.25, 0.3) is 0 Å². The zero-order valence-corrected chi connectivity index (χ0v) is 25.6. The summed E-state index contributed by atoms with van der Waals surface area (Å²) in [5.74, 6) is 0.0539. The monoisotopic (exact) mass is 572 g/mol. The highest BCUT2D eigenvalue weighted by Gasteiger charge is 2.32. The van der Waals surface area contributed by atoms with Crippen molar-refractivity contribution in [3.63, 3.8) is 0 Å². The maximum absolute atomic E-state index is 13.7. The van der Waals surface area contributed by atoms with Gasteiger partial charge in [-0.1, -0.05) is 88.7 Å². The van der Waals surface area contributed by atoms with Crippen LogP contribution in [0.1, 0.15) is 78.7 Å². The Morgan fingerprint density at radius 1 is 1.35 bits per heavy atom. The zero-order valence-electron chi connectivity index (χ0n) is 24.8. The summed E-state index contributed by atoms with van der Waals surface area (Å²) in [7, 11) is 0. The number of hydroxylamine groups is 1. The van der Waals surface area contributed by atoms with Gasteiger partial charge < -0.3 is 15.4 Å². The maximum Gasteiger partial charge on any atom is 0.209 e. The maximum atomic E-state index is 13.7. The highest BCUT2D eigenvalue weighted by molar-refractivity contribution is 6.43. The van der Waals surface area contributed by atoms with Crippen molar-refractivity contribution in [1.82, 2.24) is 10.4 Å². The van der Waals surface area contributed by atoms with E-state index in [-0.39, 0.29) is 23.8 Å². The van der Waals surface area contributed by atoms with E-state index in [0.717, 1.165) is 41.8 Å². The first kappa shape index (κ1) is 33.5. The van der Waals surface area contributed by atoms with Gasteiger partial charge in [0, 0.05) is 36.7 Å². The molecule has 8 heteroatoms. The molecule has 0 spiro atoms. The van der Waals surface area contributed by atoms with E-state index in [1.54, 1.807) is 6.07 Å². The first-order valence-corrected chi connectivity index (χ1v) is 14.5. The molecule has 1 saturated heterocycles. The first-order chi connectivity index (χ1) is 18.9. The number of nitrogens with one attached hydrogen (secondary N) is 2. The molecular formula is C32H46ClFN4O2. The van der Waals surface area contributed by atoms with Gasteiger partial charge in [-0.15, -0.1) is 0 Å². The first-order valence-electron chi connectivity index (χ1n) is 14.1. The molecular weight excluding hydrogens is 527 g/mol. The molecule has 1 fully saturated rings. The van der Waals surface area contributed by atoms with Crippen LogP contribution < -0.4 is 5.48 Å². The second kappa shape index (κ2) is 15.9. The Morgan fingerprint density at radius 2 is 2.02 bits per heavy atom. The van der Waals surface area contributed by atoms with E-state index >= 15 is 0 Å². The number of nitrogens with zero attached hydrogens (tertiary/aromatic N) is 2. The molecule has 0 radical (unpaired) electrons. The lowest BCUT2D eigenvalue weighted by Crippen LogP contribution is -2.28. The Morgan fingerprint density at radius 3 is 2.52 bits per heavy atom. The zero-order chi connectivity index (χ0) is 29.9. The van der Waals surface area contributed by atoms with Crippen LogP contribution in [0.4, 0.5) is 4.39 Å². The van der Waals surface area contributed by atoms with E-state index in [4.69, 9.17) is 21.8 Å². The van der Waals surface area contributed by atoms with Crippen LogP contribution in [0.5, 0.6) is 0 Å². The third-order valence-corrected chi connectivity index (χ3v) is 7.36. The Balaban J connectivity index is 0.000000256. The predicted molar refractivity (Wildman–Crippen MR) is 165 cm³/mol. The molecule has 1 aromatic carbocycles. The fourth-order valence-electron chi connectivity index (χ4n) is 4.43. The van der Waals surface area contributed by atoms with Gasteiger partial charge in [0.25, 0.3) is 0 Å². The lowest BCUT2D eigenvalue weighted by atomic mass is 9.87. The van der Waals surface area contributed by atoms with E-state index in [0.29, 0.717) is 23.7 Å². The lowest BCUT2D eigenvalue weighted by molar-refractivity contribution is -0.0113. The van der Waals surface area contributed by atoms with Crippen LogP contribution in [0, 0.1) is 17.1 Å². The number of allylic oxidation sites excluding steroid dienone is 4. The molecule has 6 nitrogen and oxygen atoms in total. The smallest absolute Gasteiger partial charge is 0.209 e. The van der Waals surface area contributed by atoms with Crippen molar-refractivity contribution in [3.8, 4) is 0 Å². The average Bonchev–Trinajstić information content (AvgIpc) is 3.58. The van der Waals surface area contributed by atoms with Crippen molar-refractivity contribution in [2.24, 2.45) is 10.9 Å². The fraction of sp³-hybridized carbons (Fsp3) is 0.500. The van der Waals surface area contributed by atoms with Crippen LogP contribution in [0.3, 0.4) is 0 Å². The molecule has 0 bridgehead atoms. The van der Waals surface area contributed by atoms with E-state index in [2.05, 4.69) is 41.9 Å². The van der Waals surface area contributed by atoms with Crippen molar-refractivity contribution in [2.45, 2.75) is 85.0 Å². The summed E-state index contributed by atoms with van der Waals surface area (Å²) in [4.78, 5) is 11.7. The van der Waals surface area contributed by atoms with Gasteiger partial charge in [-0.05, 0) is 49.8 Å². The largest absolute Gasteiger partial charge is 0.391 e. The molecule has 3 aliphatic rings. The molecule has 220 valence electrons. The van der Waals surface area contributed by atoms with Crippen LogP contribution in [-0.4, -0.2) is 47.0 Å². The Bertz CT molecular complexity index is 1140. The molecule has 2 aliphatic heterocycles. The molecule has 3 atom stereocenters. The van der Waals surface area contributed by atoms with Gasteiger partial charge in [0.05, 0.1) is 16.8 Å². The summed E-state index contributed by atoms with van der Waals surface area (Å²) >= 11 is 6.20. The number of benzene rings is 1. The van der Waals surface area contributed by atoms with Gasteiger partial charge in [0.1, 0.15) is 12.2 Å². The standard InChI is InChI=1S/C15H15FN2O.C14H23ClN2O.C3H8/c1-15(17-10-18-19-15)12-8-6-11(7-9-12)13-4-2-3-5-14(13)16;1-9(2)14(16)13(15)10(3)7-11(4)17-6-5-12(18)8-17;1-3-2/h2-6,8-11H,7H2,1H3,(H,17,18);9,12,16,18H,4-8H2,1-3H3;3H2,1-2H3/b;13-10-,16-14?;. The van der Waals surface area contributed by atoms with Gasteiger partial charge in [-0.3, -0.25) is 5.48 Å². The van der Waals surface area contributed by atoms with Gasteiger partial charge >= 0.3 is 0 Å². The number of likely N-dealkylation sites (tertiary alicyclic amines) is 1. The molecule has 1 aromatic rings. The molecule has 1 aliphatic carbocycles. The molecule has 40 heavy (non-hydrogen) atoms. The number of aliphatic hydroxyl groups is 1. The summed E-state index contributed by atoms with van der Waals surface area (Å²) in [5.41, 5.74) is 6.10. The Kier molecular flexibility index (Phi) is 13.3. The number of β-amino-alcohol motifs (C(OH)–C–C–N with tert-alkyl or cyclic N) is 1. The van der Waals surface area contributed by atoms with E-state index in [1.807, 2.05) is 52.0 Å². The number of halogens is 2. The highest BCUT2D eigenvalue weighted by atomic mass is 35.5. The SMILES string of the molecule is C=C(C/C(C)=C(\Cl)C(=N)C(C)C)N1CCC(O)C1.CC1(C2=CCC(c3ccccc3F)C=C2)N=CNO1.CCC. The number of hydrogen-bond donors (Lipinski definition) is 3. The Labute approximate surface area is 244 Å². The molecule has 2 heterocycles. The van der Waals surface area contributed by atoms with Gasteiger partial charge in [-0.2, -0.15) is 0 Å². The van der Waals surface area contributed by atoms with Gasteiger partial charge in [0.15, 0.2) is 0 Å². The molecule has 3 N–H and O–H groups in total. The van der Waals surface area contributed by atoms with Crippen molar-refractivity contribution in [2.75, 3.05) is 13.1 Å². The second-order valence-electron chi connectivity index (χ2n) is 10.8. The number of rotatable bonds is 7. The third-order valence-electron chi connectivity index (χ3n) is 6.83. The number of aliphatic imine (C=N–C) groups is 1. The quantitative estimate of drug-likeness (QED) is 0.293. The van der Waals surface area contributed by atoms with Crippen LogP contribution >= 0.6 is 11.6 Å². The molecule has 3 unspecified atom stereocenters. The summed E-state index contributed by atoms with van der Waals surface area (Å²) in [6.07, 6.45) is 10.8. The topological polar surface area (TPSA) is 80.9 Å². The summed E-state index contributed by atoms with van der Waals surface area (Å²) in [6, 6.07) is 6.90. The molecule has 0 saturated carbocycles. The van der Waals surface area contributed by atoms with E-state index < -0.39 is 5.72 Å². The molecule has 0 aromatic heterocycles. The third kappa shape index (κ3) is 9.43. The van der Waals surface area contributed by atoms with Crippen molar-refractivity contribution < 1.29 is 14.3 Å². The normalized spacial score (nSPS) is 23.9. The van der Waals surface area contributed by atoms with E-state index in [9.17, 15) is 9.50 Å². The van der Waals surface area contributed by atoms with Crippen molar-refractivity contribution in [1.29, 1.82) is 5.41 Å². The van der Waals surface area contributed by atoms with Crippen molar-refractivity contribution in [3.05, 3.63) is 82.3 Å². The highest BCUT2D eigenvalue weighted by Crippen LogP contribution is 2.34. The predicted octanol–water partition coefficient (Wildman–Crippen LogP) is 7.64. The minimum atomic E-state index is -0.670. The molecule has 4 rings (SSSR count).